The number of aliphatic hydroxyl groups is 1. The van der Waals surface area contributed by atoms with Gasteiger partial charge in [0.2, 0.25) is 0 Å². The molecule has 1 aliphatic rings. The van der Waals surface area contributed by atoms with Gasteiger partial charge in [0.25, 0.3) is 0 Å². The van der Waals surface area contributed by atoms with Crippen molar-refractivity contribution in [2.45, 2.75) is 52.1 Å². The predicted octanol–water partition coefficient (Wildman–Crippen LogP) is 2.42. The molecular formula is C15H29NO4. The number of piperidine rings is 1. The molecule has 0 aromatic carbocycles. The number of carbonyl (C=O) groups excluding carboxylic acids is 1. The zero-order valence-electron chi connectivity index (χ0n) is 13.1. The molecule has 1 unspecified atom stereocenters. The molecule has 5 heteroatoms. The molecule has 118 valence electrons. The Bertz CT molecular complexity index is 288. The average Bonchev–Trinajstić information content (AvgIpc) is 2.37. The number of hydrogen-bond donors (Lipinski definition) is 1. The van der Waals surface area contributed by atoms with E-state index in [9.17, 15) is 4.79 Å². The molecule has 1 rings (SSSR count). The third-order valence-electron chi connectivity index (χ3n) is 3.22. The lowest BCUT2D eigenvalue weighted by Crippen LogP contribution is -2.43. The molecule has 0 bridgehead atoms. The van der Waals surface area contributed by atoms with E-state index < -0.39 is 5.60 Å². The fourth-order valence-corrected chi connectivity index (χ4v) is 2.26. The summed E-state index contributed by atoms with van der Waals surface area (Å²) < 4.78 is 11.0. The minimum Gasteiger partial charge on any atom is -0.444 e. The average molecular weight is 287 g/mol. The zero-order chi connectivity index (χ0) is 15.0. The maximum Gasteiger partial charge on any atom is 0.410 e. The van der Waals surface area contributed by atoms with E-state index in [2.05, 4.69) is 0 Å². The van der Waals surface area contributed by atoms with E-state index in [4.69, 9.17) is 14.6 Å². The summed E-state index contributed by atoms with van der Waals surface area (Å²) in [4.78, 5) is 13.8. The molecule has 1 N–H and O–H groups in total. The predicted molar refractivity (Wildman–Crippen MR) is 77.7 cm³/mol. The molecule has 1 amide bonds. The Morgan fingerprint density at radius 3 is 2.75 bits per heavy atom. The molecule has 0 aromatic heterocycles. The summed E-state index contributed by atoms with van der Waals surface area (Å²) in [6, 6.07) is 0. The molecule has 5 nitrogen and oxygen atoms in total. The third-order valence-corrected chi connectivity index (χ3v) is 3.22. The van der Waals surface area contributed by atoms with E-state index in [0.29, 0.717) is 19.1 Å². The van der Waals surface area contributed by atoms with Gasteiger partial charge in [0, 0.05) is 32.2 Å². The van der Waals surface area contributed by atoms with Crippen molar-refractivity contribution < 1.29 is 19.4 Å². The van der Waals surface area contributed by atoms with Crippen molar-refractivity contribution in [3.8, 4) is 0 Å². The van der Waals surface area contributed by atoms with Crippen molar-refractivity contribution in [1.82, 2.24) is 4.90 Å². The summed E-state index contributed by atoms with van der Waals surface area (Å²) in [5.41, 5.74) is -0.440. The number of nitrogens with zero attached hydrogens (tertiary/aromatic N) is 1. The van der Waals surface area contributed by atoms with Crippen LogP contribution in [0.5, 0.6) is 0 Å². The fourth-order valence-electron chi connectivity index (χ4n) is 2.26. The van der Waals surface area contributed by atoms with Crippen LogP contribution in [0.25, 0.3) is 0 Å². The summed E-state index contributed by atoms with van der Waals surface area (Å²) in [7, 11) is 0. The van der Waals surface area contributed by atoms with Gasteiger partial charge in [0.05, 0.1) is 6.61 Å². The minimum atomic E-state index is -0.440. The Hall–Kier alpha value is -0.810. The molecule has 1 aliphatic heterocycles. The van der Waals surface area contributed by atoms with Crippen LogP contribution < -0.4 is 0 Å². The lowest BCUT2D eigenvalue weighted by molar-refractivity contribution is 0.00712. The summed E-state index contributed by atoms with van der Waals surface area (Å²) in [5, 5.41) is 8.69. The van der Waals surface area contributed by atoms with Crippen LogP contribution in [-0.4, -0.2) is 54.6 Å². The number of amides is 1. The second kappa shape index (κ2) is 8.47. The van der Waals surface area contributed by atoms with Crippen LogP contribution >= 0.6 is 0 Å². The highest BCUT2D eigenvalue weighted by Crippen LogP contribution is 2.19. The fraction of sp³-hybridized carbons (Fsp3) is 0.933. The first kappa shape index (κ1) is 17.2. The Labute approximate surface area is 122 Å². The molecule has 1 heterocycles. The summed E-state index contributed by atoms with van der Waals surface area (Å²) in [6.07, 6.45) is 3.55. The van der Waals surface area contributed by atoms with E-state index in [-0.39, 0.29) is 12.7 Å². The van der Waals surface area contributed by atoms with Crippen LogP contribution in [0.1, 0.15) is 46.5 Å². The quantitative estimate of drug-likeness (QED) is 0.762. The number of likely N-dealkylation sites (tertiary alicyclic amines) is 1. The Morgan fingerprint density at radius 2 is 2.10 bits per heavy atom. The van der Waals surface area contributed by atoms with Gasteiger partial charge < -0.3 is 19.5 Å². The van der Waals surface area contributed by atoms with Gasteiger partial charge in [-0.3, -0.25) is 0 Å². The molecule has 0 spiro atoms. The maximum absolute atomic E-state index is 12.0. The van der Waals surface area contributed by atoms with E-state index in [1.807, 2.05) is 20.8 Å². The number of aliphatic hydroxyl groups excluding tert-OH is 1. The Kier molecular flexibility index (Phi) is 7.30. The van der Waals surface area contributed by atoms with E-state index in [1.54, 1.807) is 4.90 Å². The van der Waals surface area contributed by atoms with Gasteiger partial charge >= 0.3 is 6.09 Å². The number of carbonyl (C=O) groups is 1. The highest BCUT2D eigenvalue weighted by Gasteiger charge is 2.27. The Morgan fingerprint density at radius 1 is 1.35 bits per heavy atom. The number of unbranched alkanes of at least 4 members (excludes halogenated alkanes) is 1. The molecular weight excluding hydrogens is 258 g/mol. The van der Waals surface area contributed by atoms with Crippen LogP contribution in [0.2, 0.25) is 0 Å². The van der Waals surface area contributed by atoms with Crippen molar-refractivity contribution in [3.05, 3.63) is 0 Å². The molecule has 1 atom stereocenters. The third kappa shape index (κ3) is 7.10. The molecule has 0 radical (unpaired) electrons. The van der Waals surface area contributed by atoms with Crippen molar-refractivity contribution in [2.75, 3.05) is 32.9 Å². The van der Waals surface area contributed by atoms with Crippen LogP contribution in [0.4, 0.5) is 4.79 Å². The van der Waals surface area contributed by atoms with Gasteiger partial charge in [-0.1, -0.05) is 0 Å². The van der Waals surface area contributed by atoms with E-state index >= 15 is 0 Å². The molecule has 0 saturated carbocycles. The number of ether oxygens (including phenoxy) is 2. The lowest BCUT2D eigenvalue weighted by atomic mass is 9.99. The second-order valence-corrected chi connectivity index (χ2v) is 6.44. The van der Waals surface area contributed by atoms with Gasteiger partial charge in [0.1, 0.15) is 5.60 Å². The van der Waals surface area contributed by atoms with Gasteiger partial charge in [-0.25, -0.2) is 4.79 Å². The van der Waals surface area contributed by atoms with Crippen LogP contribution in [0.15, 0.2) is 0 Å². The van der Waals surface area contributed by atoms with Crippen molar-refractivity contribution in [3.63, 3.8) is 0 Å². The van der Waals surface area contributed by atoms with Gasteiger partial charge in [-0.05, 0) is 46.5 Å². The summed E-state index contributed by atoms with van der Waals surface area (Å²) >= 11 is 0. The molecule has 20 heavy (non-hydrogen) atoms. The second-order valence-electron chi connectivity index (χ2n) is 6.44. The van der Waals surface area contributed by atoms with Gasteiger partial charge in [0.15, 0.2) is 0 Å². The smallest absolute Gasteiger partial charge is 0.410 e. The number of rotatable bonds is 6. The van der Waals surface area contributed by atoms with Crippen LogP contribution in [-0.2, 0) is 9.47 Å². The molecule has 1 fully saturated rings. The maximum atomic E-state index is 12.0. The first-order valence-corrected chi connectivity index (χ1v) is 7.59. The summed E-state index contributed by atoms with van der Waals surface area (Å²) in [5.74, 6) is 0.394. The van der Waals surface area contributed by atoms with Crippen LogP contribution in [0, 0.1) is 5.92 Å². The molecule has 1 saturated heterocycles. The minimum absolute atomic E-state index is 0.220. The van der Waals surface area contributed by atoms with Gasteiger partial charge in [-0.15, -0.1) is 0 Å². The van der Waals surface area contributed by atoms with E-state index in [0.717, 1.165) is 38.8 Å². The van der Waals surface area contributed by atoms with Crippen LogP contribution in [0.3, 0.4) is 0 Å². The van der Waals surface area contributed by atoms with Crippen molar-refractivity contribution in [2.24, 2.45) is 5.92 Å². The zero-order valence-corrected chi connectivity index (χ0v) is 13.1. The van der Waals surface area contributed by atoms with Crippen molar-refractivity contribution >= 4 is 6.09 Å². The van der Waals surface area contributed by atoms with E-state index in [1.165, 1.54) is 0 Å². The largest absolute Gasteiger partial charge is 0.444 e. The monoisotopic (exact) mass is 287 g/mol. The van der Waals surface area contributed by atoms with Crippen molar-refractivity contribution in [1.29, 1.82) is 0 Å². The highest BCUT2D eigenvalue weighted by molar-refractivity contribution is 5.68. The lowest BCUT2D eigenvalue weighted by Gasteiger charge is -2.34. The normalized spacial score (nSPS) is 20.0. The number of hydrogen-bond acceptors (Lipinski definition) is 4. The Balaban J connectivity index is 2.26. The SMILES string of the molecule is CC(C)(C)OC(=O)N1CCCC(COCCCCO)C1. The highest BCUT2D eigenvalue weighted by atomic mass is 16.6. The first-order valence-electron chi connectivity index (χ1n) is 7.59. The standard InChI is InChI=1S/C15H29NO4/c1-15(2,3)20-14(18)16-8-6-7-13(11-16)12-19-10-5-4-9-17/h13,17H,4-12H2,1-3H3. The van der Waals surface area contributed by atoms with Gasteiger partial charge in [-0.2, -0.15) is 0 Å². The topological polar surface area (TPSA) is 59.0 Å². The molecule has 0 aliphatic carbocycles. The summed E-state index contributed by atoms with van der Waals surface area (Å²) in [6.45, 7) is 8.74. The molecule has 0 aromatic rings. The first-order chi connectivity index (χ1) is 9.42.